The van der Waals surface area contributed by atoms with E-state index in [-0.39, 0.29) is 11.4 Å². The van der Waals surface area contributed by atoms with E-state index >= 15 is 0 Å². The summed E-state index contributed by atoms with van der Waals surface area (Å²) in [6, 6.07) is 6.04. The molecule has 0 saturated carbocycles. The molecule has 0 atom stereocenters. The van der Waals surface area contributed by atoms with E-state index in [0.717, 1.165) is 14.7 Å². The summed E-state index contributed by atoms with van der Waals surface area (Å²) < 4.78 is 15.1. The van der Waals surface area contributed by atoms with Crippen LogP contribution >= 0.6 is 22.6 Å². The lowest BCUT2D eigenvalue weighted by Crippen LogP contribution is -2.23. The predicted octanol–water partition coefficient (Wildman–Crippen LogP) is 2.34. The van der Waals surface area contributed by atoms with Crippen molar-refractivity contribution in [3.63, 3.8) is 0 Å². The van der Waals surface area contributed by atoms with Gasteiger partial charge in [-0.3, -0.25) is 4.79 Å². The van der Waals surface area contributed by atoms with Crippen LogP contribution in [0.3, 0.4) is 0 Å². The van der Waals surface area contributed by atoms with Crippen molar-refractivity contribution in [3.8, 4) is 0 Å². The van der Waals surface area contributed by atoms with Crippen LogP contribution in [0.2, 0.25) is 0 Å². The monoisotopic (exact) mass is 344 g/mol. The zero-order valence-corrected chi connectivity index (χ0v) is 11.3. The smallest absolute Gasteiger partial charge is 0.268 e. The number of aromatic nitrogens is 2. The van der Waals surface area contributed by atoms with Gasteiger partial charge >= 0.3 is 0 Å². The van der Waals surface area contributed by atoms with Gasteiger partial charge < -0.3 is 0 Å². The Balaban J connectivity index is 2.35. The van der Waals surface area contributed by atoms with Crippen molar-refractivity contribution in [2.24, 2.45) is 0 Å². The number of benzene rings is 1. The number of aryl methyl sites for hydroxylation is 1. The van der Waals surface area contributed by atoms with Crippen LogP contribution in [0.1, 0.15) is 11.1 Å². The largest absolute Gasteiger partial charge is 0.268 e. The number of hydrogen-bond acceptors (Lipinski definition) is 2. The van der Waals surface area contributed by atoms with Gasteiger partial charge in [-0.25, -0.2) is 9.07 Å². The molecule has 2 aromatic rings. The lowest BCUT2D eigenvalue weighted by atomic mass is 10.1. The van der Waals surface area contributed by atoms with Crippen LogP contribution in [0, 0.1) is 16.3 Å². The third kappa shape index (κ3) is 2.91. The maximum absolute atomic E-state index is 12.9. The third-order valence-electron chi connectivity index (χ3n) is 2.46. The Morgan fingerprint density at radius 1 is 1.41 bits per heavy atom. The maximum Gasteiger partial charge on any atom is 0.268 e. The lowest BCUT2D eigenvalue weighted by molar-refractivity contribution is 0.615. The lowest BCUT2D eigenvalue weighted by Gasteiger charge is -2.07. The molecule has 1 aromatic carbocycles. The first-order valence-electron chi connectivity index (χ1n) is 5.04. The quantitative estimate of drug-likeness (QED) is 0.784. The van der Waals surface area contributed by atoms with E-state index in [0.29, 0.717) is 6.54 Å². The van der Waals surface area contributed by atoms with Gasteiger partial charge in [-0.2, -0.15) is 5.10 Å². The third-order valence-corrected chi connectivity index (χ3v) is 3.05. The highest BCUT2D eigenvalue weighted by Crippen LogP contribution is 2.10. The van der Waals surface area contributed by atoms with Crippen molar-refractivity contribution in [2.75, 3.05) is 0 Å². The van der Waals surface area contributed by atoms with E-state index in [2.05, 4.69) is 5.10 Å². The average Bonchev–Trinajstić information content (AvgIpc) is 2.25. The van der Waals surface area contributed by atoms with Crippen molar-refractivity contribution in [2.45, 2.75) is 13.5 Å². The molecule has 17 heavy (non-hydrogen) atoms. The van der Waals surface area contributed by atoms with Crippen molar-refractivity contribution in [3.05, 3.63) is 61.3 Å². The SMILES string of the molecule is Cc1cc(F)ccc1Cn1ncc(I)cc1=O. The van der Waals surface area contributed by atoms with Crippen LogP contribution < -0.4 is 5.56 Å². The second-order valence-electron chi connectivity index (χ2n) is 3.74. The first-order valence-corrected chi connectivity index (χ1v) is 6.12. The van der Waals surface area contributed by atoms with E-state index in [9.17, 15) is 9.18 Å². The fourth-order valence-corrected chi connectivity index (χ4v) is 1.92. The molecule has 0 radical (unpaired) electrons. The van der Waals surface area contributed by atoms with E-state index in [1.165, 1.54) is 22.9 Å². The van der Waals surface area contributed by atoms with Crippen molar-refractivity contribution in [1.82, 2.24) is 9.78 Å². The average molecular weight is 344 g/mol. The maximum atomic E-state index is 12.9. The summed E-state index contributed by atoms with van der Waals surface area (Å²) in [6.07, 6.45) is 1.63. The molecule has 3 nitrogen and oxygen atoms in total. The van der Waals surface area contributed by atoms with E-state index < -0.39 is 0 Å². The van der Waals surface area contributed by atoms with Crippen molar-refractivity contribution < 1.29 is 4.39 Å². The molecule has 0 saturated heterocycles. The molecular weight excluding hydrogens is 334 g/mol. The summed E-state index contributed by atoms with van der Waals surface area (Å²) in [5.74, 6) is -0.269. The summed E-state index contributed by atoms with van der Waals surface area (Å²) in [5.41, 5.74) is 1.56. The van der Waals surface area contributed by atoms with Gasteiger partial charge in [-0.15, -0.1) is 0 Å². The second kappa shape index (κ2) is 4.95. The Bertz CT molecular complexity index is 610. The fraction of sp³-hybridized carbons (Fsp3) is 0.167. The molecule has 0 fully saturated rings. The van der Waals surface area contributed by atoms with Crippen LogP contribution in [0.5, 0.6) is 0 Å². The Labute approximate surface area is 111 Å². The Hall–Kier alpha value is -1.24. The van der Waals surface area contributed by atoms with E-state index in [1.807, 2.05) is 29.5 Å². The predicted molar refractivity (Wildman–Crippen MR) is 71.5 cm³/mol. The standard InChI is InChI=1S/C12H10FIN2O/c1-8-4-10(13)3-2-9(8)7-16-12(17)5-11(14)6-15-16/h2-6H,7H2,1H3. The minimum Gasteiger partial charge on any atom is -0.268 e. The molecule has 1 aromatic heterocycles. The van der Waals surface area contributed by atoms with Crippen molar-refractivity contribution >= 4 is 22.6 Å². The summed E-state index contributed by atoms with van der Waals surface area (Å²) in [4.78, 5) is 11.6. The first kappa shape index (κ1) is 12.2. The first-order chi connectivity index (χ1) is 8.06. The van der Waals surface area contributed by atoms with Crippen LogP contribution in [-0.2, 0) is 6.54 Å². The summed E-state index contributed by atoms with van der Waals surface area (Å²) in [7, 11) is 0. The van der Waals surface area contributed by atoms with Crippen LogP contribution in [0.4, 0.5) is 4.39 Å². The zero-order chi connectivity index (χ0) is 12.4. The molecule has 1 heterocycles. The molecule has 0 spiro atoms. The molecule has 88 valence electrons. The van der Waals surface area contributed by atoms with Gasteiger partial charge in [0.2, 0.25) is 0 Å². The minimum atomic E-state index is -0.269. The van der Waals surface area contributed by atoms with Gasteiger partial charge in [0.05, 0.1) is 12.7 Å². The zero-order valence-electron chi connectivity index (χ0n) is 9.15. The molecule has 0 unspecified atom stereocenters. The Morgan fingerprint density at radius 3 is 2.82 bits per heavy atom. The fourth-order valence-electron chi connectivity index (χ4n) is 1.53. The molecule has 0 bridgehead atoms. The highest BCUT2D eigenvalue weighted by Gasteiger charge is 2.03. The molecule has 0 N–H and O–H groups in total. The van der Waals surface area contributed by atoms with Gasteiger partial charge in [0.1, 0.15) is 5.82 Å². The highest BCUT2D eigenvalue weighted by molar-refractivity contribution is 14.1. The summed E-state index contributed by atoms with van der Waals surface area (Å²) >= 11 is 2.04. The van der Waals surface area contributed by atoms with Crippen molar-refractivity contribution in [1.29, 1.82) is 0 Å². The van der Waals surface area contributed by atoms with Gasteiger partial charge in [0.15, 0.2) is 0 Å². The topological polar surface area (TPSA) is 34.9 Å². The van der Waals surface area contributed by atoms with Gasteiger partial charge in [0.25, 0.3) is 5.56 Å². The molecular formula is C12H10FIN2O. The van der Waals surface area contributed by atoms with E-state index in [4.69, 9.17) is 0 Å². The molecule has 0 aliphatic rings. The molecule has 0 aliphatic heterocycles. The minimum absolute atomic E-state index is 0.152. The van der Waals surface area contributed by atoms with Gasteiger partial charge in [0, 0.05) is 9.64 Å². The second-order valence-corrected chi connectivity index (χ2v) is 4.99. The molecule has 0 aliphatic carbocycles. The molecule has 0 amide bonds. The van der Waals surface area contributed by atoms with Crippen LogP contribution in [0.25, 0.3) is 0 Å². The van der Waals surface area contributed by atoms with Crippen LogP contribution in [0.15, 0.2) is 35.3 Å². The number of hydrogen-bond donors (Lipinski definition) is 0. The summed E-state index contributed by atoms with van der Waals surface area (Å²) in [5, 5.41) is 4.04. The van der Waals surface area contributed by atoms with Gasteiger partial charge in [-0.05, 0) is 52.8 Å². The molecule has 2 rings (SSSR count). The van der Waals surface area contributed by atoms with Gasteiger partial charge in [-0.1, -0.05) is 6.07 Å². The number of rotatable bonds is 2. The van der Waals surface area contributed by atoms with Crippen LogP contribution in [-0.4, -0.2) is 9.78 Å². The number of halogens is 2. The Kier molecular flexibility index (Phi) is 3.56. The highest BCUT2D eigenvalue weighted by atomic mass is 127. The number of nitrogens with zero attached hydrogens (tertiary/aromatic N) is 2. The summed E-state index contributed by atoms with van der Waals surface area (Å²) in [6.45, 7) is 2.18. The molecule has 5 heteroatoms. The van der Waals surface area contributed by atoms with E-state index in [1.54, 1.807) is 12.3 Å². The Morgan fingerprint density at radius 2 is 2.18 bits per heavy atom. The normalized spacial score (nSPS) is 10.5.